The van der Waals surface area contributed by atoms with E-state index in [1.165, 1.54) is 0 Å². The molecule has 1 aliphatic carbocycles. The Morgan fingerprint density at radius 2 is 1.66 bits per heavy atom. The molecule has 5 nitrogen and oxygen atoms in total. The molecule has 1 N–H and O–H groups in total. The van der Waals surface area contributed by atoms with Crippen LogP contribution in [0.25, 0.3) is 0 Å². The maximum atomic E-state index is 12.6. The van der Waals surface area contributed by atoms with Crippen LogP contribution in [0.1, 0.15) is 51.0 Å². The SMILES string of the molecule is CCC1(C(=O)O)C(c2ccc(Oc3ccc(Cl)cc3)cc2)=NOC12CCCCC2. The Hall–Kier alpha value is -2.53. The fourth-order valence-corrected chi connectivity index (χ4v) is 4.83. The topological polar surface area (TPSA) is 68.1 Å². The lowest BCUT2D eigenvalue weighted by molar-refractivity contribution is -0.166. The van der Waals surface area contributed by atoms with Gasteiger partial charge in [-0.15, -0.1) is 0 Å². The molecular weight excluding hydrogens is 390 g/mol. The van der Waals surface area contributed by atoms with Gasteiger partial charge in [-0.2, -0.15) is 0 Å². The van der Waals surface area contributed by atoms with Gasteiger partial charge in [-0.1, -0.05) is 30.1 Å². The van der Waals surface area contributed by atoms with Crippen LogP contribution in [0.2, 0.25) is 5.02 Å². The lowest BCUT2D eigenvalue weighted by Gasteiger charge is -2.42. The number of hydrogen-bond donors (Lipinski definition) is 1. The summed E-state index contributed by atoms with van der Waals surface area (Å²) in [6, 6.07) is 14.5. The molecule has 0 saturated heterocycles. The van der Waals surface area contributed by atoms with E-state index in [1.54, 1.807) is 24.3 Å². The summed E-state index contributed by atoms with van der Waals surface area (Å²) in [5.41, 5.74) is -0.626. The van der Waals surface area contributed by atoms with Gasteiger partial charge in [-0.3, -0.25) is 4.79 Å². The van der Waals surface area contributed by atoms with Crippen molar-refractivity contribution in [2.45, 2.75) is 51.0 Å². The second kappa shape index (κ2) is 7.71. The summed E-state index contributed by atoms with van der Waals surface area (Å²) < 4.78 is 5.84. The van der Waals surface area contributed by atoms with E-state index < -0.39 is 17.0 Å². The molecular formula is C23H24ClNO4. The molecule has 29 heavy (non-hydrogen) atoms. The van der Waals surface area contributed by atoms with Crippen LogP contribution < -0.4 is 4.74 Å². The predicted molar refractivity (Wildman–Crippen MR) is 112 cm³/mol. The average molecular weight is 414 g/mol. The highest BCUT2D eigenvalue weighted by Crippen LogP contribution is 2.53. The first-order chi connectivity index (χ1) is 14.0. The number of benzene rings is 2. The molecule has 1 unspecified atom stereocenters. The number of halogens is 1. The minimum atomic E-state index is -1.13. The summed E-state index contributed by atoms with van der Waals surface area (Å²) in [6.07, 6.45) is 4.91. The third kappa shape index (κ3) is 3.27. The predicted octanol–water partition coefficient (Wildman–Crippen LogP) is 6.05. The van der Waals surface area contributed by atoms with Crippen molar-refractivity contribution in [3.05, 3.63) is 59.1 Å². The molecule has 1 spiro atoms. The molecule has 1 saturated carbocycles. The number of carboxylic acids is 1. The van der Waals surface area contributed by atoms with Crippen molar-refractivity contribution in [2.24, 2.45) is 10.6 Å². The van der Waals surface area contributed by atoms with E-state index >= 15 is 0 Å². The van der Waals surface area contributed by atoms with Gasteiger partial charge in [-0.25, -0.2) is 0 Å². The zero-order chi connectivity index (χ0) is 20.5. The van der Waals surface area contributed by atoms with Crippen molar-refractivity contribution in [3.63, 3.8) is 0 Å². The molecule has 0 radical (unpaired) electrons. The van der Waals surface area contributed by atoms with Crippen LogP contribution in [0.4, 0.5) is 0 Å². The highest BCUT2D eigenvalue weighted by molar-refractivity contribution is 6.30. The lowest BCUT2D eigenvalue weighted by Crippen LogP contribution is -2.56. The van der Waals surface area contributed by atoms with Crippen molar-refractivity contribution in [3.8, 4) is 11.5 Å². The van der Waals surface area contributed by atoms with E-state index in [0.717, 1.165) is 37.7 Å². The van der Waals surface area contributed by atoms with Gasteiger partial charge in [0.15, 0.2) is 11.0 Å². The van der Waals surface area contributed by atoms with Crippen LogP contribution in [0, 0.1) is 5.41 Å². The van der Waals surface area contributed by atoms with Crippen molar-refractivity contribution in [1.82, 2.24) is 0 Å². The summed E-state index contributed by atoms with van der Waals surface area (Å²) in [5.74, 6) is 0.471. The van der Waals surface area contributed by atoms with E-state index in [4.69, 9.17) is 21.2 Å². The van der Waals surface area contributed by atoms with Crippen LogP contribution in [0.15, 0.2) is 53.7 Å². The van der Waals surface area contributed by atoms with Crippen LogP contribution in [0.3, 0.4) is 0 Å². The highest BCUT2D eigenvalue weighted by atomic mass is 35.5. The number of carbonyl (C=O) groups is 1. The Morgan fingerprint density at radius 3 is 2.21 bits per heavy atom. The van der Waals surface area contributed by atoms with Gasteiger partial charge in [0.2, 0.25) is 0 Å². The smallest absolute Gasteiger partial charge is 0.320 e. The van der Waals surface area contributed by atoms with Gasteiger partial charge in [0, 0.05) is 10.6 Å². The zero-order valence-electron chi connectivity index (χ0n) is 16.4. The van der Waals surface area contributed by atoms with E-state index in [1.807, 2.05) is 31.2 Å². The molecule has 1 aliphatic heterocycles. The number of rotatable bonds is 5. The fraction of sp³-hybridized carbons (Fsp3) is 0.391. The molecule has 1 atom stereocenters. The molecule has 0 amide bonds. The monoisotopic (exact) mass is 413 g/mol. The quantitative estimate of drug-likeness (QED) is 0.647. The van der Waals surface area contributed by atoms with Gasteiger partial charge < -0.3 is 14.7 Å². The molecule has 2 aromatic carbocycles. The Morgan fingerprint density at radius 1 is 1.07 bits per heavy atom. The summed E-state index contributed by atoms with van der Waals surface area (Å²) in [5, 5.41) is 15.3. The number of hydrogen-bond acceptors (Lipinski definition) is 4. The average Bonchev–Trinajstić information content (AvgIpc) is 3.05. The largest absolute Gasteiger partial charge is 0.480 e. The Kier molecular flexibility index (Phi) is 5.26. The second-order valence-electron chi connectivity index (χ2n) is 7.73. The first-order valence-electron chi connectivity index (χ1n) is 10.0. The first kappa shape index (κ1) is 19.8. The van der Waals surface area contributed by atoms with Gasteiger partial charge in [0.05, 0.1) is 0 Å². The van der Waals surface area contributed by atoms with Crippen molar-refractivity contribution >= 4 is 23.3 Å². The molecule has 1 fully saturated rings. The zero-order valence-corrected chi connectivity index (χ0v) is 17.1. The first-order valence-corrected chi connectivity index (χ1v) is 10.4. The maximum absolute atomic E-state index is 12.6. The fourth-order valence-electron chi connectivity index (χ4n) is 4.70. The lowest BCUT2D eigenvalue weighted by atomic mass is 9.60. The van der Waals surface area contributed by atoms with E-state index in [2.05, 4.69) is 5.16 Å². The van der Waals surface area contributed by atoms with Crippen LogP contribution in [0.5, 0.6) is 11.5 Å². The van der Waals surface area contributed by atoms with E-state index in [9.17, 15) is 9.90 Å². The number of oxime groups is 1. The van der Waals surface area contributed by atoms with E-state index in [-0.39, 0.29) is 0 Å². The van der Waals surface area contributed by atoms with Crippen LogP contribution >= 0.6 is 11.6 Å². The molecule has 152 valence electrons. The minimum absolute atomic E-state index is 0.435. The van der Waals surface area contributed by atoms with E-state index in [0.29, 0.717) is 28.7 Å². The van der Waals surface area contributed by atoms with Gasteiger partial charge in [-0.05, 0) is 80.6 Å². The molecule has 1 heterocycles. The molecule has 4 rings (SSSR count). The molecule has 0 aromatic heterocycles. The number of nitrogens with zero attached hydrogens (tertiary/aromatic N) is 1. The molecule has 6 heteroatoms. The highest BCUT2D eigenvalue weighted by Gasteiger charge is 2.65. The number of ether oxygens (including phenoxy) is 1. The Bertz CT molecular complexity index is 917. The van der Waals surface area contributed by atoms with Gasteiger partial charge in [0.1, 0.15) is 17.2 Å². The number of carboxylic acid groups (broad SMARTS) is 1. The summed E-state index contributed by atoms with van der Waals surface area (Å²) in [7, 11) is 0. The van der Waals surface area contributed by atoms with Gasteiger partial charge >= 0.3 is 5.97 Å². The normalized spacial score (nSPS) is 22.8. The van der Waals surface area contributed by atoms with Crippen molar-refractivity contribution in [2.75, 3.05) is 0 Å². The van der Waals surface area contributed by atoms with Crippen molar-refractivity contribution in [1.29, 1.82) is 0 Å². The van der Waals surface area contributed by atoms with Crippen LogP contribution in [-0.2, 0) is 9.63 Å². The van der Waals surface area contributed by atoms with Crippen LogP contribution in [-0.4, -0.2) is 22.4 Å². The maximum Gasteiger partial charge on any atom is 0.320 e. The Labute approximate surface area is 175 Å². The van der Waals surface area contributed by atoms with Gasteiger partial charge in [0.25, 0.3) is 0 Å². The molecule has 2 aromatic rings. The third-order valence-corrected chi connectivity index (χ3v) is 6.48. The Balaban J connectivity index is 1.63. The summed E-state index contributed by atoms with van der Waals surface area (Å²) in [4.78, 5) is 18.5. The summed E-state index contributed by atoms with van der Waals surface area (Å²) in [6.45, 7) is 1.91. The number of aliphatic carboxylic acids is 1. The molecule has 0 bridgehead atoms. The van der Waals surface area contributed by atoms with Crippen molar-refractivity contribution < 1.29 is 19.5 Å². The molecule has 2 aliphatic rings. The summed E-state index contributed by atoms with van der Waals surface area (Å²) >= 11 is 5.91. The second-order valence-corrected chi connectivity index (χ2v) is 8.17. The minimum Gasteiger partial charge on any atom is -0.480 e. The third-order valence-electron chi connectivity index (χ3n) is 6.23. The standard InChI is InChI=1S/C23H24ClNO4/c1-2-23(21(26)27)20(25-29-22(23)14-4-3-5-15-22)16-6-10-18(11-7-16)28-19-12-8-17(24)9-13-19/h6-13H,2-5,14-15H2,1H3,(H,26,27).